The molecule has 7 nitrogen and oxygen atoms in total. The Morgan fingerprint density at radius 3 is 2.61 bits per heavy atom. The molecule has 0 saturated carbocycles. The van der Waals surface area contributed by atoms with Crippen LogP contribution in [0.4, 0.5) is 4.79 Å². The molecule has 1 fully saturated rings. The van der Waals surface area contributed by atoms with Crippen LogP contribution in [0, 0.1) is 0 Å². The first-order valence-electron chi connectivity index (χ1n) is 6.24. The van der Waals surface area contributed by atoms with Gasteiger partial charge in [-0.05, 0) is 14.0 Å². The van der Waals surface area contributed by atoms with Crippen molar-refractivity contribution < 1.29 is 9.59 Å². The fourth-order valence-corrected chi connectivity index (χ4v) is 1.85. The van der Waals surface area contributed by atoms with E-state index in [2.05, 4.69) is 15.5 Å². The Balaban J connectivity index is 2.27. The minimum Gasteiger partial charge on any atom is -0.351 e. The van der Waals surface area contributed by atoms with Crippen LogP contribution < -0.4 is 16.4 Å². The normalized spacial score (nSPS) is 18.6. The third kappa shape index (κ3) is 4.99. The van der Waals surface area contributed by atoms with Gasteiger partial charge in [-0.3, -0.25) is 19.9 Å². The Kier molecular flexibility index (Phi) is 6.03. The molecule has 1 heterocycles. The lowest BCUT2D eigenvalue weighted by atomic mass is 10.2. The second kappa shape index (κ2) is 7.30. The van der Waals surface area contributed by atoms with Crippen LogP contribution in [0.3, 0.4) is 0 Å². The van der Waals surface area contributed by atoms with E-state index in [1.807, 2.05) is 11.9 Å². The quantitative estimate of drug-likeness (QED) is 0.552. The summed E-state index contributed by atoms with van der Waals surface area (Å²) < 4.78 is 0. The Labute approximate surface area is 108 Å². The molecule has 1 saturated heterocycles. The number of primary amides is 1. The summed E-state index contributed by atoms with van der Waals surface area (Å²) in [4.78, 5) is 26.4. The van der Waals surface area contributed by atoms with Crippen molar-refractivity contribution in [2.75, 3.05) is 46.3 Å². The Morgan fingerprint density at radius 2 is 2.06 bits per heavy atom. The summed E-state index contributed by atoms with van der Waals surface area (Å²) in [6, 6.07) is -1.16. The number of nitrogens with one attached hydrogen (secondary N) is 2. The van der Waals surface area contributed by atoms with Crippen LogP contribution in [0.5, 0.6) is 0 Å². The van der Waals surface area contributed by atoms with Gasteiger partial charge in [-0.15, -0.1) is 0 Å². The highest BCUT2D eigenvalue weighted by Crippen LogP contribution is 1.98. The highest BCUT2D eigenvalue weighted by molar-refractivity contribution is 5.96. The van der Waals surface area contributed by atoms with Crippen LogP contribution in [0.25, 0.3) is 0 Å². The zero-order valence-corrected chi connectivity index (χ0v) is 11.1. The van der Waals surface area contributed by atoms with Gasteiger partial charge in [0.05, 0.1) is 6.04 Å². The number of imide groups is 1. The second-order valence-electron chi connectivity index (χ2n) is 4.60. The number of nitrogens with two attached hydrogens (primary N) is 1. The first-order chi connectivity index (χ1) is 8.50. The smallest absolute Gasteiger partial charge is 0.318 e. The van der Waals surface area contributed by atoms with Crippen LogP contribution >= 0.6 is 0 Å². The number of nitrogens with zero attached hydrogens (tertiary/aromatic N) is 2. The number of amides is 3. The molecular weight excluding hydrogens is 234 g/mol. The summed E-state index contributed by atoms with van der Waals surface area (Å²) in [5.41, 5.74) is 4.92. The maximum Gasteiger partial charge on any atom is 0.318 e. The Bertz CT molecular complexity index is 291. The van der Waals surface area contributed by atoms with Crippen molar-refractivity contribution in [3.63, 3.8) is 0 Å². The number of piperazine rings is 1. The van der Waals surface area contributed by atoms with Crippen LogP contribution in [0.1, 0.15) is 6.92 Å². The van der Waals surface area contributed by atoms with Crippen molar-refractivity contribution in [3.05, 3.63) is 0 Å². The highest BCUT2D eigenvalue weighted by atomic mass is 16.2. The van der Waals surface area contributed by atoms with Crippen molar-refractivity contribution >= 4 is 11.9 Å². The van der Waals surface area contributed by atoms with E-state index in [9.17, 15) is 9.59 Å². The maximum absolute atomic E-state index is 11.6. The van der Waals surface area contributed by atoms with Crippen molar-refractivity contribution in [2.45, 2.75) is 13.0 Å². The molecule has 0 radical (unpaired) electrons. The van der Waals surface area contributed by atoms with Gasteiger partial charge in [-0.25, -0.2) is 4.79 Å². The third-order valence-electron chi connectivity index (χ3n) is 3.27. The number of rotatable bonds is 5. The van der Waals surface area contributed by atoms with Crippen LogP contribution in [0.15, 0.2) is 0 Å². The largest absolute Gasteiger partial charge is 0.351 e. The predicted octanol–water partition coefficient (Wildman–Crippen LogP) is -1.59. The lowest BCUT2D eigenvalue weighted by Gasteiger charge is -2.30. The van der Waals surface area contributed by atoms with Crippen LogP contribution in [0.2, 0.25) is 0 Å². The fraction of sp³-hybridized carbons (Fsp3) is 0.818. The van der Waals surface area contributed by atoms with Crippen LogP contribution in [-0.2, 0) is 4.79 Å². The fourth-order valence-electron chi connectivity index (χ4n) is 1.85. The highest BCUT2D eigenvalue weighted by Gasteiger charge is 2.19. The third-order valence-corrected chi connectivity index (χ3v) is 3.27. The molecule has 104 valence electrons. The standard InChI is InChI=1S/C11H23N5O2/c1-9(10(17)14-11(12)18)15(2)7-8-16-5-3-13-4-6-16/h9,13H,3-8H2,1-2H3,(H3,12,14,17,18). The molecule has 0 aliphatic carbocycles. The maximum atomic E-state index is 11.6. The molecule has 1 unspecified atom stereocenters. The zero-order chi connectivity index (χ0) is 13.5. The molecule has 0 aromatic rings. The van der Waals surface area contributed by atoms with Crippen molar-refractivity contribution in [3.8, 4) is 0 Å². The van der Waals surface area contributed by atoms with E-state index in [1.54, 1.807) is 6.92 Å². The number of hydrogen-bond donors (Lipinski definition) is 3. The monoisotopic (exact) mass is 257 g/mol. The summed E-state index contributed by atoms with van der Waals surface area (Å²) in [6.45, 7) is 7.57. The van der Waals surface area contributed by atoms with E-state index in [4.69, 9.17) is 5.73 Å². The molecule has 4 N–H and O–H groups in total. The number of hydrogen-bond acceptors (Lipinski definition) is 5. The molecule has 1 rings (SSSR count). The Hall–Kier alpha value is -1.18. The van der Waals surface area contributed by atoms with Gasteiger partial charge in [-0.1, -0.05) is 0 Å². The molecule has 18 heavy (non-hydrogen) atoms. The molecule has 0 aromatic carbocycles. The van der Waals surface area contributed by atoms with E-state index < -0.39 is 6.03 Å². The van der Waals surface area contributed by atoms with E-state index in [1.165, 1.54) is 0 Å². The number of urea groups is 1. The minimum absolute atomic E-state index is 0.356. The molecule has 0 bridgehead atoms. The molecule has 1 atom stereocenters. The summed E-state index contributed by atoms with van der Waals surface area (Å²) in [6.07, 6.45) is 0. The van der Waals surface area contributed by atoms with Crippen LogP contribution in [-0.4, -0.2) is 74.1 Å². The van der Waals surface area contributed by atoms with Crippen molar-refractivity contribution in [1.82, 2.24) is 20.4 Å². The molecular formula is C11H23N5O2. The zero-order valence-electron chi connectivity index (χ0n) is 11.1. The molecule has 0 aromatic heterocycles. The minimum atomic E-state index is -0.803. The predicted molar refractivity (Wildman–Crippen MR) is 69.1 cm³/mol. The van der Waals surface area contributed by atoms with Gasteiger partial charge in [0.1, 0.15) is 0 Å². The van der Waals surface area contributed by atoms with Gasteiger partial charge < -0.3 is 11.1 Å². The molecule has 3 amide bonds. The van der Waals surface area contributed by atoms with E-state index in [0.717, 1.165) is 39.3 Å². The average molecular weight is 257 g/mol. The van der Waals surface area contributed by atoms with Crippen molar-refractivity contribution in [1.29, 1.82) is 0 Å². The summed E-state index contributed by atoms with van der Waals surface area (Å²) in [5, 5.41) is 5.39. The SMILES string of the molecule is CC(C(=O)NC(N)=O)N(C)CCN1CCNCC1. The summed E-state index contributed by atoms with van der Waals surface area (Å²) in [7, 11) is 1.87. The van der Waals surface area contributed by atoms with Gasteiger partial charge in [0, 0.05) is 39.3 Å². The molecule has 1 aliphatic rings. The number of likely N-dealkylation sites (N-methyl/N-ethyl adjacent to an activating group) is 1. The summed E-state index contributed by atoms with van der Waals surface area (Å²) in [5.74, 6) is -0.356. The lowest BCUT2D eigenvalue weighted by molar-refractivity contribution is -0.124. The average Bonchev–Trinajstić information content (AvgIpc) is 2.35. The van der Waals surface area contributed by atoms with E-state index in [-0.39, 0.29) is 11.9 Å². The van der Waals surface area contributed by atoms with Gasteiger partial charge >= 0.3 is 6.03 Å². The van der Waals surface area contributed by atoms with Crippen molar-refractivity contribution in [2.24, 2.45) is 5.73 Å². The first-order valence-corrected chi connectivity index (χ1v) is 6.24. The Morgan fingerprint density at radius 1 is 1.44 bits per heavy atom. The number of carbonyl (C=O) groups is 2. The topological polar surface area (TPSA) is 90.7 Å². The van der Waals surface area contributed by atoms with E-state index in [0.29, 0.717) is 0 Å². The van der Waals surface area contributed by atoms with Gasteiger partial charge in [0.2, 0.25) is 5.91 Å². The number of carbonyl (C=O) groups excluding carboxylic acids is 2. The second-order valence-corrected chi connectivity index (χ2v) is 4.60. The molecule has 0 spiro atoms. The molecule has 7 heteroatoms. The van der Waals surface area contributed by atoms with Gasteiger partial charge in [0.15, 0.2) is 0 Å². The van der Waals surface area contributed by atoms with Gasteiger partial charge in [-0.2, -0.15) is 0 Å². The molecule has 1 aliphatic heterocycles. The lowest BCUT2D eigenvalue weighted by Crippen LogP contribution is -2.50. The van der Waals surface area contributed by atoms with E-state index >= 15 is 0 Å². The van der Waals surface area contributed by atoms with Gasteiger partial charge in [0.25, 0.3) is 0 Å². The summed E-state index contributed by atoms with van der Waals surface area (Å²) >= 11 is 0. The first kappa shape index (κ1) is 14.9.